The molecule has 1 saturated heterocycles. The van der Waals surface area contributed by atoms with Crippen molar-refractivity contribution in [3.05, 3.63) is 64.9 Å². The van der Waals surface area contributed by atoms with Crippen LogP contribution in [0.5, 0.6) is 0 Å². The number of carbonyl (C=O) groups excluding carboxylic acids is 1. The van der Waals surface area contributed by atoms with Crippen LogP contribution in [0.1, 0.15) is 47.6 Å². The summed E-state index contributed by atoms with van der Waals surface area (Å²) in [5, 5.41) is 3.54. The Hall–Kier alpha value is -1.91. The number of halogens is 1. The SMILES string of the molecule is O=C(NC[C@H](c1ccccc1)N1CCCCCC1)c1cncc(Cl)c1. The van der Waals surface area contributed by atoms with Gasteiger partial charge >= 0.3 is 0 Å². The van der Waals surface area contributed by atoms with Gasteiger partial charge in [0.05, 0.1) is 16.6 Å². The highest BCUT2D eigenvalue weighted by Gasteiger charge is 2.22. The second kappa shape index (κ2) is 8.97. The maximum absolute atomic E-state index is 12.5. The van der Waals surface area contributed by atoms with Gasteiger partial charge in [0.1, 0.15) is 0 Å². The minimum absolute atomic E-state index is 0.134. The van der Waals surface area contributed by atoms with Gasteiger partial charge in [-0.05, 0) is 37.6 Å². The number of pyridine rings is 1. The van der Waals surface area contributed by atoms with E-state index in [0.29, 0.717) is 17.1 Å². The summed E-state index contributed by atoms with van der Waals surface area (Å²) in [5.74, 6) is -0.134. The van der Waals surface area contributed by atoms with Crippen molar-refractivity contribution in [2.75, 3.05) is 19.6 Å². The second-order valence-corrected chi connectivity index (χ2v) is 6.91. The van der Waals surface area contributed by atoms with Crippen molar-refractivity contribution in [3.8, 4) is 0 Å². The maximum atomic E-state index is 12.5. The molecule has 3 rings (SSSR count). The van der Waals surface area contributed by atoms with E-state index in [2.05, 4.69) is 39.5 Å². The third kappa shape index (κ3) is 5.03. The lowest BCUT2D eigenvalue weighted by Gasteiger charge is -2.31. The molecule has 132 valence electrons. The molecule has 0 bridgehead atoms. The molecular weight excluding hydrogens is 334 g/mol. The first-order chi connectivity index (χ1) is 12.2. The Balaban J connectivity index is 1.72. The Morgan fingerprint density at radius 3 is 2.52 bits per heavy atom. The summed E-state index contributed by atoms with van der Waals surface area (Å²) in [7, 11) is 0. The quantitative estimate of drug-likeness (QED) is 0.876. The Morgan fingerprint density at radius 1 is 1.12 bits per heavy atom. The van der Waals surface area contributed by atoms with E-state index < -0.39 is 0 Å². The van der Waals surface area contributed by atoms with Crippen molar-refractivity contribution in [1.82, 2.24) is 15.2 Å². The molecule has 0 saturated carbocycles. The Bertz CT molecular complexity index is 684. The van der Waals surface area contributed by atoms with Crippen LogP contribution in [0.3, 0.4) is 0 Å². The smallest absolute Gasteiger partial charge is 0.252 e. The lowest BCUT2D eigenvalue weighted by atomic mass is 10.0. The van der Waals surface area contributed by atoms with Crippen LogP contribution in [0.15, 0.2) is 48.8 Å². The van der Waals surface area contributed by atoms with Gasteiger partial charge in [0, 0.05) is 18.9 Å². The molecule has 1 aromatic heterocycles. The fourth-order valence-electron chi connectivity index (χ4n) is 3.37. The zero-order chi connectivity index (χ0) is 17.5. The van der Waals surface area contributed by atoms with Crippen molar-refractivity contribution < 1.29 is 4.79 Å². The van der Waals surface area contributed by atoms with Crippen molar-refractivity contribution >= 4 is 17.5 Å². The number of benzene rings is 1. The van der Waals surface area contributed by atoms with Crippen LogP contribution >= 0.6 is 11.6 Å². The summed E-state index contributed by atoms with van der Waals surface area (Å²) in [5.41, 5.74) is 1.74. The number of nitrogens with zero attached hydrogens (tertiary/aromatic N) is 2. The summed E-state index contributed by atoms with van der Waals surface area (Å²) < 4.78 is 0. The number of amides is 1. The van der Waals surface area contributed by atoms with E-state index in [1.165, 1.54) is 37.4 Å². The van der Waals surface area contributed by atoms with Crippen molar-refractivity contribution in [2.24, 2.45) is 0 Å². The summed E-state index contributed by atoms with van der Waals surface area (Å²) in [6.45, 7) is 2.73. The lowest BCUT2D eigenvalue weighted by Crippen LogP contribution is -2.38. The van der Waals surface area contributed by atoms with Crippen LogP contribution in [-0.2, 0) is 0 Å². The molecule has 0 aliphatic carbocycles. The molecule has 25 heavy (non-hydrogen) atoms. The largest absolute Gasteiger partial charge is 0.350 e. The highest BCUT2D eigenvalue weighted by atomic mass is 35.5. The van der Waals surface area contributed by atoms with Crippen molar-refractivity contribution in [2.45, 2.75) is 31.7 Å². The Labute approximate surface area is 154 Å². The van der Waals surface area contributed by atoms with Gasteiger partial charge in [-0.1, -0.05) is 54.8 Å². The van der Waals surface area contributed by atoms with Gasteiger partial charge in [-0.2, -0.15) is 0 Å². The molecule has 1 aliphatic rings. The van der Waals surface area contributed by atoms with Gasteiger partial charge in [0.2, 0.25) is 0 Å². The second-order valence-electron chi connectivity index (χ2n) is 6.48. The zero-order valence-corrected chi connectivity index (χ0v) is 15.1. The molecule has 5 heteroatoms. The first-order valence-electron chi connectivity index (χ1n) is 8.92. The molecule has 1 aromatic carbocycles. The summed E-state index contributed by atoms with van der Waals surface area (Å²) in [6.07, 6.45) is 8.09. The van der Waals surface area contributed by atoms with E-state index in [1.54, 1.807) is 12.3 Å². The van der Waals surface area contributed by atoms with Gasteiger partial charge in [0.15, 0.2) is 0 Å². The monoisotopic (exact) mass is 357 g/mol. The molecule has 0 spiro atoms. The Kier molecular flexibility index (Phi) is 6.42. The minimum atomic E-state index is -0.134. The molecule has 2 heterocycles. The fraction of sp³-hybridized carbons (Fsp3) is 0.400. The summed E-state index contributed by atoms with van der Waals surface area (Å²) in [6, 6.07) is 12.3. The van der Waals surface area contributed by atoms with Crippen LogP contribution in [-0.4, -0.2) is 35.4 Å². The first kappa shape index (κ1) is 17.9. The van der Waals surface area contributed by atoms with Gasteiger partial charge in [-0.25, -0.2) is 0 Å². The third-order valence-corrected chi connectivity index (χ3v) is 4.90. The number of nitrogens with one attached hydrogen (secondary N) is 1. The molecule has 1 fully saturated rings. The normalized spacial score (nSPS) is 16.8. The van der Waals surface area contributed by atoms with E-state index >= 15 is 0 Å². The predicted octanol–water partition coefficient (Wildman–Crippen LogP) is 4.08. The molecule has 1 atom stereocenters. The van der Waals surface area contributed by atoms with Crippen LogP contribution in [0.25, 0.3) is 0 Å². The summed E-state index contributed by atoms with van der Waals surface area (Å²) in [4.78, 5) is 18.9. The van der Waals surface area contributed by atoms with E-state index in [4.69, 9.17) is 11.6 Å². The number of rotatable bonds is 5. The van der Waals surface area contributed by atoms with E-state index in [9.17, 15) is 4.79 Å². The van der Waals surface area contributed by atoms with Crippen molar-refractivity contribution in [1.29, 1.82) is 0 Å². The molecular formula is C20H24ClN3O. The average molecular weight is 358 g/mol. The Morgan fingerprint density at radius 2 is 1.84 bits per heavy atom. The standard InChI is InChI=1S/C20H24ClN3O/c21-18-12-17(13-22-14-18)20(25)23-15-19(16-8-4-3-5-9-16)24-10-6-1-2-7-11-24/h3-5,8-9,12-14,19H,1-2,6-7,10-11,15H2,(H,23,25)/t19-/m1/s1. The highest BCUT2D eigenvalue weighted by Crippen LogP contribution is 2.24. The van der Waals surface area contributed by atoms with Crippen LogP contribution in [0.2, 0.25) is 5.02 Å². The molecule has 1 amide bonds. The van der Waals surface area contributed by atoms with Gasteiger partial charge < -0.3 is 5.32 Å². The number of hydrogen-bond acceptors (Lipinski definition) is 3. The molecule has 0 unspecified atom stereocenters. The summed E-state index contributed by atoms with van der Waals surface area (Å²) >= 11 is 5.94. The number of hydrogen-bond donors (Lipinski definition) is 1. The average Bonchev–Trinajstić information content (AvgIpc) is 2.92. The molecule has 4 nitrogen and oxygen atoms in total. The number of likely N-dealkylation sites (tertiary alicyclic amines) is 1. The van der Waals surface area contributed by atoms with Gasteiger partial charge in [0.25, 0.3) is 5.91 Å². The fourth-order valence-corrected chi connectivity index (χ4v) is 3.54. The lowest BCUT2D eigenvalue weighted by molar-refractivity contribution is 0.0933. The molecule has 1 N–H and O–H groups in total. The van der Waals surface area contributed by atoms with Gasteiger partial charge in [-0.3, -0.25) is 14.7 Å². The van der Waals surface area contributed by atoms with E-state index in [0.717, 1.165) is 13.1 Å². The maximum Gasteiger partial charge on any atom is 0.252 e. The van der Waals surface area contributed by atoms with Crippen LogP contribution in [0.4, 0.5) is 0 Å². The minimum Gasteiger partial charge on any atom is -0.350 e. The highest BCUT2D eigenvalue weighted by molar-refractivity contribution is 6.30. The van der Waals surface area contributed by atoms with Crippen LogP contribution in [0, 0.1) is 0 Å². The topological polar surface area (TPSA) is 45.2 Å². The van der Waals surface area contributed by atoms with Gasteiger partial charge in [-0.15, -0.1) is 0 Å². The van der Waals surface area contributed by atoms with E-state index in [-0.39, 0.29) is 11.9 Å². The molecule has 1 aliphatic heterocycles. The zero-order valence-electron chi connectivity index (χ0n) is 14.3. The predicted molar refractivity (Wildman–Crippen MR) is 101 cm³/mol. The number of aromatic nitrogens is 1. The van der Waals surface area contributed by atoms with Crippen molar-refractivity contribution in [3.63, 3.8) is 0 Å². The molecule has 0 radical (unpaired) electrons. The van der Waals surface area contributed by atoms with E-state index in [1.807, 2.05) is 6.07 Å². The molecule has 2 aromatic rings. The third-order valence-electron chi connectivity index (χ3n) is 4.69. The number of carbonyl (C=O) groups is 1. The van der Waals surface area contributed by atoms with Crippen LogP contribution < -0.4 is 5.32 Å². The first-order valence-corrected chi connectivity index (χ1v) is 9.29.